The Morgan fingerprint density at radius 1 is 1.40 bits per heavy atom. The molecule has 0 spiro atoms. The van der Waals surface area contributed by atoms with Crippen LogP contribution in [0.25, 0.3) is 0 Å². The highest BCUT2D eigenvalue weighted by atomic mass is 15.5. The first kappa shape index (κ1) is 7.35. The van der Waals surface area contributed by atoms with Crippen molar-refractivity contribution in [1.82, 2.24) is 10.4 Å². The molecule has 0 saturated heterocycles. The van der Waals surface area contributed by atoms with Crippen LogP contribution in [0, 0.1) is 0 Å². The third-order valence-electron chi connectivity index (χ3n) is 1.24. The fraction of sp³-hybridized carbons (Fsp3) is 0.500. The molecule has 0 aromatic carbocycles. The van der Waals surface area contributed by atoms with Crippen molar-refractivity contribution in [3.8, 4) is 0 Å². The molecule has 1 aliphatic rings. The topological polar surface area (TPSA) is 15.3 Å². The summed E-state index contributed by atoms with van der Waals surface area (Å²) in [4.78, 5) is 0. The highest BCUT2D eigenvalue weighted by molar-refractivity contribution is 5.07. The van der Waals surface area contributed by atoms with E-state index in [0.717, 1.165) is 6.54 Å². The van der Waals surface area contributed by atoms with Gasteiger partial charge in [0, 0.05) is 12.2 Å². The Morgan fingerprint density at radius 3 is 2.70 bits per heavy atom. The minimum Gasteiger partial charge on any atom is -0.312 e. The summed E-state index contributed by atoms with van der Waals surface area (Å²) in [5.74, 6) is 0. The Kier molecular flexibility index (Phi) is 2.51. The van der Waals surface area contributed by atoms with E-state index >= 15 is 0 Å². The quantitative estimate of drug-likeness (QED) is 0.618. The van der Waals surface area contributed by atoms with Gasteiger partial charge in [0.2, 0.25) is 0 Å². The van der Waals surface area contributed by atoms with Crippen molar-refractivity contribution in [2.45, 2.75) is 19.9 Å². The van der Waals surface area contributed by atoms with E-state index in [1.807, 2.05) is 12.3 Å². The van der Waals surface area contributed by atoms with Crippen molar-refractivity contribution in [2.75, 3.05) is 6.54 Å². The third-order valence-corrected chi connectivity index (χ3v) is 1.24. The molecule has 2 heteroatoms. The molecular formula is C8H14N2. The van der Waals surface area contributed by atoms with Gasteiger partial charge in [0.15, 0.2) is 0 Å². The first-order chi connectivity index (χ1) is 4.79. The molecule has 1 rings (SSSR count). The SMILES string of the molecule is CC(C)NN1C=CC=CC1. The lowest BCUT2D eigenvalue weighted by atomic mass is 10.4. The van der Waals surface area contributed by atoms with E-state index in [1.54, 1.807) is 0 Å². The average molecular weight is 138 g/mol. The summed E-state index contributed by atoms with van der Waals surface area (Å²) in [7, 11) is 0. The second-order valence-electron chi connectivity index (χ2n) is 2.71. The fourth-order valence-corrected chi connectivity index (χ4v) is 0.895. The highest BCUT2D eigenvalue weighted by Gasteiger charge is 1.99. The van der Waals surface area contributed by atoms with Gasteiger partial charge in [-0.05, 0) is 19.9 Å². The lowest BCUT2D eigenvalue weighted by Gasteiger charge is -2.23. The molecule has 2 nitrogen and oxygen atoms in total. The number of nitrogens with one attached hydrogen (secondary N) is 1. The number of hydrazine groups is 1. The zero-order chi connectivity index (χ0) is 7.40. The molecule has 0 aromatic rings. The van der Waals surface area contributed by atoms with E-state index in [9.17, 15) is 0 Å². The predicted octanol–water partition coefficient (Wildman–Crippen LogP) is 1.28. The molecule has 1 N–H and O–H groups in total. The lowest BCUT2D eigenvalue weighted by Crippen LogP contribution is -2.39. The average Bonchev–Trinajstić information content (AvgIpc) is 1.88. The second kappa shape index (κ2) is 3.42. The largest absolute Gasteiger partial charge is 0.312 e. The summed E-state index contributed by atoms with van der Waals surface area (Å²) in [6.07, 6.45) is 8.24. The van der Waals surface area contributed by atoms with Gasteiger partial charge in [-0.3, -0.25) is 0 Å². The first-order valence-corrected chi connectivity index (χ1v) is 3.65. The minimum absolute atomic E-state index is 0.510. The zero-order valence-corrected chi connectivity index (χ0v) is 6.54. The molecule has 0 aliphatic carbocycles. The molecule has 0 saturated carbocycles. The van der Waals surface area contributed by atoms with Crippen LogP contribution < -0.4 is 5.43 Å². The summed E-state index contributed by atoms with van der Waals surface area (Å²) in [5.41, 5.74) is 3.28. The predicted molar refractivity (Wildman–Crippen MR) is 43.3 cm³/mol. The molecule has 10 heavy (non-hydrogen) atoms. The molecular weight excluding hydrogens is 124 g/mol. The van der Waals surface area contributed by atoms with E-state index in [2.05, 4.69) is 36.4 Å². The van der Waals surface area contributed by atoms with Crippen LogP contribution in [0.15, 0.2) is 24.4 Å². The van der Waals surface area contributed by atoms with Gasteiger partial charge in [-0.15, -0.1) is 0 Å². The smallest absolute Gasteiger partial charge is 0.0521 e. The standard InChI is InChI=1S/C8H14N2/c1-8(2)9-10-6-4-3-5-7-10/h3-6,8-9H,7H2,1-2H3. The molecule has 0 radical (unpaired) electrons. The maximum atomic E-state index is 3.28. The Labute approximate surface area is 62.2 Å². The van der Waals surface area contributed by atoms with Crippen molar-refractivity contribution in [2.24, 2.45) is 0 Å². The van der Waals surface area contributed by atoms with Crippen LogP contribution in [-0.4, -0.2) is 17.6 Å². The van der Waals surface area contributed by atoms with Crippen LogP contribution in [0.5, 0.6) is 0 Å². The van der Waals surface area contributed by atoms with Crippen molar-refractivity contribution >= 4 is 0 Å². The maximum absolute atomic E-state index is 3.28. The van der Waals surface area contributed by atoms with Gasteiger partial charge in [-0.2, -0.15) is 0 Å². The minimum atomic E-state index is 0.510. The summed E-state index contributed by atoms with van der Waals surface area (Å²) in [6.45, 7) is 5.23. The van der Waals surface area contributed by atoms with Gasteiger partial charge in [0.25, 0.3) is 0 Å². The molecule has 0 aromatic heterocycles. The Hall–Kier alpha value is -0.760. The molecule has 0 bridgehead atoms. The van der Waals surface area contributed by atoms with Crippen LogP contribution >= 0.6 is 0 Å². The van der Waals surface area contributed by atoms with E-state index < -0.39 is 0 Å². The van der Waals surface area contributed by atoms with Crippen LogP contribution in [-0.2, 0) is 0 Å². The van der Waals surface area contributed by atoms with Crippen molar-refractivity contribution in [3.63, 3.8) is 0 Å². The van der Waals surface area contributed by atoms with Gasteiger partial charge in [0.05, 0.1) is 6.54 Å². The molecule has 0 fully saturated rings. The van der Waals surface area contributed by atoms with Crippen molar-refractivity contribution < 1.29 is 0 Å². The van der Waals surface area contributed by atoms with Crippen LogP contribution in [0.4, 0.5) is 0 Å². The number of hydrogen-bond donors (Lipinski definition) is 1. The van der Waals surface area contributed by atoms with E-state index in [1.165, 1.54) is 0 Å². The Bertz CT molecular complexity index is 147. The van der Waals surface area contributed by atoms with E-state index in [0.29, 0.717) is 6.04 Å². The van der Waals surface area contributed by atoms with Crippen LogP contribution in [0.2, 0.25) is 0 Å². The summed E-state index contributed by atoms with van der Waals surface area (Å²) in [6, 6.07) is 0.510. The fourth-order valence-electron chi connectivity index (χ4n) is 0.895. The molecule has 1 aliphatic heterocycles. The molecule has 1 heterocycles. The molecule has 0 atom stereocenters. The lowest BCUT2D eigenvalue weighted by molar-refractivity contribution is 0.264. The number of nitrogens with zero attached hydrogens (tertiary/aromatic N) is 1. The van der Waals surface area contributed by atoms with Gasteiger partial charge >= 0.3 is 0 Å². The third kappa shape index (κ3) is 2.23. The van der Waals surface area contributed by atoms with Crippen molar-refractivity contribution in [3.05, 3.63) is 24.4 Å². The molecule has 0 amide bonds. The number of rotatable bonds is 2. The monoisotopic (exact) mass is 138 g/mol. The van der Waals surface area contributed by atoms with Gasteiger partial charge in [-0.25, -0.2) is 5.43 Å². The Morgan fingerprint density at radius 2 is 2.20 bits per heavy atom. The van der Waals surface area contributed by atoms with Gasteiger partial charge < -0.3 is 5.01 Å². The maximum Gasteiger partial charge on any atom is 0.0521 e. The summed E-state index contributed by atoms with van der Waals surface area (Å²) in [5, 5.41) is 2.07. The number of hydrogen-bond acceptors (Lipinski definition) is 2. The van der Waals surface area contributed by atoms with Crippen LogP contribution in [0.1, 0.15) is 13.8 Å². The van der Waals surface area contributed by atoms with E-state index in [-0.39, 0.29) is 0 Å². The van der Waals surface area contributed by atoms with Gasteiger partial charge in [-0.1, -0.05) is 12.2 Å². The normalized spacial score (nSPS) is 16.9. The Balaban J connectivity index is 2.30. The highest BCUT2D eigenvalue weighted by Crippen LogP contribution is 1.94. The second-order valence-corrected chi connectivity index (χ2v) is 2.71. The first-order valence-electron chi connectivity index (χ1n) is 3.65. The van der Waals surface area contributed by atoms with Gasteiger partial charge in [0.1, 0.15) is 0 Å². The summed E-state index contributed by atoms with van der Waals surface area (Å²) < 4.78 is 0. The van der Waals surface area contributed by atoms with E-state index in [4.69, 9.17) is 0 Å². The summed E-state index contributed by atoms with van der Waals surface area (Å²) >= 11 is 0. The molecule has 56 valence electrons. The zero-order valence-electron chi connectivity index (χ0n) is 6.54. The van der Waals surface area contributed by atoms with Crippen molar-refractivity contribution in [1.29, 1.82) is 0 Å². The number of allylic oxidation sites excluding steroid dienone is 2. The molecule has 0 unspecified atom stereocenters. The van der Waals surface area contributed by atoms with Crippen LogP contribution in [0.3, 0.4) is 0 Å².